The number of benzene rings is 7. The first kappa shape index (κ1) is 22.0. The van der Waals surface area contributed by atoms with E-state index in [9.17, 15) is 0 Å². The molecule has 40 heavy (non-hydrogen) atoms. The van der Waals surface area contributed by atoms with E-state index in [0.717, 1.165) is 0 Å². The normalized spacial score (nSPS) is 12.0. The molecule has 2 heterocycles. The molecule has 0 aliphatic rings. The van der Waals surface area contributed by atoms with Crippen molar-refractivity contribution in [1.82, 2.24) is 4.57 Å². The van der Waals surface area contributed by atoms with Crippen molar-refractivity contribution in [3.63, 3.8) is 0 Å². The standard InChI is InChI=1S/C38H23NS/c1-2-11-25(12-3-1)39-34-22-21-24(26-18-10-19-32-29-15-8-9-20-35(29)40-38(26)32)23-33(34)36-30-16-6-4-13-27(30)28-14-5-7-17-31(28)37(36)39/h1-23H. The van der Waals surface area contributed by atoms with E-state index < -0.39 is 0 Å². The fourth-order valence-electron chi connectivity index (χ4n) is 6.67. The van der Waals surface area contributed by atoms with Crippen LogP contribution in [-0.4, -0.2) is 4.57 Å². The highest BCUT2D eigenvalue weighted by Crippen LogP contribution is 2.45. The minimum absolute atomic E-state index is 1.18. The third kappa shape index (κ3) is 2.97. The van der Waals surface area contributed by atoms with Gasteiger partial charge in [-0.2, -0.15) is 0 Å². The van der Waals surface area contributed by atoms with Crippen LogP contribution in [0.2, 0.25) is 0 Å². The summed E-state index contributed by atoms with van der Waals surface area (Å²) >= 11 is 1.89. The topological polar surface area (TPSA) is 4.93 Å². The Morgan fingerprint density at radius 1 is 0.450 bits per heavy atom. The zero-order chi connectivity index (χ0) is 26.2. The Hall–Kier alpha value is -4.92. The van der Waals surface area contributed by atoms with Crippen LogP contribution in [0.3, 0.4) is 0 Å². The molecule has 0 unspecified atom stereocenters. The van der Waals surface area contributed by atoms with Gasteiger partial charge < -0.3 is 4.57 Å². The Balaban J connectivity index is 1.47. The molecule has 0 aliphatic heterocycles. The molecule has 9 rings (SSSR count). The molecule has 0 atom stereocenters. The molecule has 186 valence electrons. The number of thiophene rings is 1. The molecule has 0 N–H and O–H groups in total. The van der Waals surface area contributed by atoms with Crippen molar-refractivity contribution in [2.45, 2.75) is 0 Å². The van der Waals surface area contributed by atoms with Gasteiger partial charge in [-0.15, -0.1) is 11.3 Å². The second-order valence-electron chi connectivity index (χ2n) is 10.5. The van der Waals surface area contributed by atoms with Gasteiger partial charge in [0.05, 0.1) is 11.0 Å². The van der Waals surface area contributed by atoms with Gasteiger partial charge in [-0.1, -0.05) is 109 Å². The molecule has 0 saturated carbocycles. The number of para-hydroxylation sites is 1. The first-order valence-electron chi connectivity index (χ1n) is 13.7. The molecule has 0 amide bonds. The predicted octanol–water partition coefficient (Wildman–Crippen LogP) is 11.1. The van der Waals surface area contributed by atoms with Crippen molar-refractivity contribution >= 4 is 74.9 Å². The zero-order valence-corrected chi connectivity index (χ0v) is 22.5. The lowest BCUT2D eigenvalue weighted by molar-refractivity contribution is 1.19. The van der Waals surface area contributed by atoms with E-state index in [4.69, 9.17) is 0 Å². The molecule has 0 aliphatic carbocycles. The number of hydrogen-bond acceptors (Lipinski definition) is 1. The van der Waals surface area contributed by atoms with E-state index in [0.29, 0.717) is 0 Å². The van der Waals surface area contributed by atoms with Crippen LogP contribution in [0.25, 0.3) is 80.3 Å². The van der Waals surface area contributed by atoms with Crippen LogP contribution in [0.15, 0.2) is 140 Å². The van der Waals surface area contributed by atoms with Crippen molar-refractivity contribution in [1.29, 1.82) is 0 Å². The van der Waals surface area contributed by atoms with E-state index in [2.05, 4.69) is 144 Å². The van der Waals surface area contributed by atoms with Crippen molar-refractivity contribution in [2.24, 2.45) is 0 Å². The third-order valence-corrected chi connectivity index (χ3v) is 9.59. The molecular formula is C38H23NS. The molecular weight excluding hydrogens is 502 g/mol. The minimum Gasteiger partial charge on any atom is -0.309 e. The molecule has 2 heteroatoms. The lowest BCUT2D eigenvalue weighted by atomic mass is 9.95. The van der Waals surface area contributed by atoms with Gasteiger partial charge in [0.15, 0.2) is 0 Å². The number of nitrogens with zero attached hydrogens (tertiary/aromatic N) is 1. The molecule has 9 aromatic rings. The van der Waals surface area contributed by atoms with Crippen molar-refractivity contribution in [3.8, 4) is 16.8 Å². The monoisotopic (exact) mass is 525 g/mol. The van der Waals surface area contributed by atoms with E-state index in [-0.39, 0.29) is 0 Å². The highest BCUT2D eigenvalue weighted by atomic mass is 32.1. The van der Waals surface area contributed by atoms with Gasteiger partial charge in [-0.3, -0.25) is 0 Å². The SMILES string of the molecule is c1ccc(-n2c3ccc(-c4cccc5c4sc4ccccc45)cc3c3c4ccccc4c4ccccc4c32)cc1. The largest absolute Gasteiger partial charge is 0.309 e. The summed E-state index contributed by atoms with van der Waals surface area (Å²) in [4.78, 5) is 0. The van der Waals surface area contributed by atoms with Crippen LogP contribution < -0.4 is 0 Å². The van der Waals surface area contributed by atoms with Crippen LogP contribution in [0, 0.1) is 0 Å². The third-order valence-electron chi connectivity index (χ3n) is 8.37. The molecule has 0 radical (unpaired) electrons. The lowest BCUT2D eigenvalue weighted by Crippen LogP contribution is -1.94. The number of hydrogen-bond donors (Lipinski definition) is 0. The molecule has 0 fully saturated rings. The molecule has 1 nitrogen and oxygen atoms in total. The van der Waals surface area contributed by atoms with Gasteiger partial charge in [0, 0.05) is 42.0 Å². The summed E-state index contributed by atoms with van der Waals surface area (Å²) in [6.07, 6.45) is 0. The van der Waals surface area contributed by atoms with E-state index in [1.54, 1.807) is 0 Å². The van der Waals surface area contributed by atoms with Crippen LogP contribution in [0.4, 0.5) is 0 Å². The van der Waals surface area contributed by atoms with E-state index >= 15 is 0 Å². The van der Waals surface area contributed by atoms with Crippen molar-refractivity contribution in [3.05, 3.63) is 140 Å². The minimum atomic E-state index is 1.18. The van der Waals surface area contributed by atoms with Gasteiger partial charge >= 0.3 is 0 Å². The highest BCUT2D eigenvalue weighted by Gasteiger charge is 2.20. The van der Waals surface area contributed by atoms with Gasteiger partial charge in [-0.05, 0) is 57.6 Å². The Morgan fingerprint density at radius 3 is 1.93 bits per heavy atom. The summed E-state index contributed by atoms with van der Waals surface area (Å²) in [7, 11) is 0. The second kappa shape index (κ2) is 8.29. The van der Waals surface area contributed by atoms with Gasteiger partial charge in [-0.25, -0.2) is 0 Å². The summed E-state index contributed by atoms with van der Waals surface area (Å²) in [5, 5.41) is 10.5. The first-order valence-corrected chi connectivity index (χ1v) is 14.5. The quantitative estimate of drug-likeness (QED) is 0.198. The maximum absolute atomic E-state index is 2.46. The Morgan fingerprint density at radius 2 is 1.10 bits per heavy atom. The van der Waals surface area contributed by atoms with Gasteiger partial charge in [0.25, 0.3) is 0 Å². The number of aromatic nitrogens is 1. The summed E-state index contributed by atoms with van der Waals surface area (Å²) in [6.45, 7) is 0. The summed E-state index contributed by atoms with van der Waals surface area (Å²) in [5.74, 6) is 0. The Labute approximate surface area is 235 Å². The number of rotatable bonds is 2. The summed E-state index contributed by atoms with van der Waals surface area (Å²) in [6, 6.07) is 51.1. The maximum atomic E-state index is 2.46. The molecule has 0 spiro atoms. The lowest BCUT2D eigenvalue weighted by Gasteiger charge is -2.12. The van der Waals surface area contributed by atoms with Crippen molar-refractivity contribution in [2.75, 3.05) is 0 Å². The molecule has 2 aromatic heterocycles. The summed E-state index contributed by atoms with van der Waals surface area (Å²) < 4.78 is 5.15. The number of fused-ring (bicyclic) bond motifs is 11. The average molecular weight is 526 g/mol. The van der Waals surface area contributed by atoms with Crippen LogP contribution >= 0.6 is 11.3 Å². The Bertz CT molecular complexity index is 2420. The first-order chi connectivity index (χ1) is 19.9. The molecule has 7 aromatic carbocycles. The maximum Gasteiger partial charge on any atom is 0.0625 e. The van der Waals surface area contributed by atoms with Crippen LogP contribution in [0.5, 0.6) is 0 Å². The van der Waals surface area contributed by atoms with E-state index in [1.807, 2.05) is 11.3 Å². The van der Waals surface area contributed by atoms with E-state index in [1.165, 1.54) is 80.3 Å². The van der Waals surface area contributed by atoms with Gasteiger partial charge in [0.2, 0.25) is 0 Å². The fraction of sp³-hybridized carbons (Fsp3) is 0. The zero-order valence-electron chi connectivity index (χ0n) is 21.6. The van der Waals surface area contributed by atoms with Crippen molar-refractivity contribution < 1.29 is 0 Å². The highest BCUT2D eigenvalue weighted by molar-refractivity contribution is 7.26. The molecule has 0 saturated heterocycles. The second-order valence-corrected chi connectivity index (χ2v) is 11.6. The molecule has 0 bridgehead atoms. The summed E-state index contributed by atoms with van der Waals surface area (Å²) in [5.41, 5.74) is 6.24. The predicted molar refractivity (Wildman–Crippen MR) is 174 cm³/mol. The smallest absolute Gasteiger partial charge is 0.0625 e. The average Bonchev–Trinajstić information content (AvgIpc) is 3.58. The fourth-order valence-corrected chi connectivity index (χ4v) is 7.90. The van der Waals surface area contributed by atoms with Crippen LogP contribution in [0.1, 0.15) is 0 Å². The van der Waals surface area contributed by atoms with Crippen LogP contribution in [-0.2, 0) is 0 Å². The van der Waals surface area contributed by atoms with Gasteiger partial charge in [0.1, 0.15) is 0 Å². The Kier molecular flexibility index (Phi) is 4.55.